The molecular weight excluding hydrogens is 353 g/mol. The molecule has 0 aliphatic rings. The maximum absolute atomic E-state index is 13.3. The summed E-state index contributed by atoms with van der Waals surface area (Å²) in [6.07, 6.45) is 0. The molecule has 2 aromatic rings. The van der Waals surface area contributed by atoms with Crippen molar-refractivity contribution in [2.75, 3.05) is 0 Å². The summed E-state index contributed by atoms with van der Waals surface area (Å²) in [7, 11) is 0. The molecule has 2 nitrogen and oxygen atoms in total. The Kier molecular flexibility index (Phi) is 4.39. The van der Waals surface area contributed by atoms with Gasteiger partial charge in [0.2, 0.25) is 0 Å². The Morgan fingerprint density at radius 3 is 2.63 bits per heavy atom. The van der Waals surface area contributed by atoms with Gasteiger partial charge in [0.25, 0.3) is 0 Å². The first kappa shape index (κ1) is 14.2. The summed E-state index contributed by atoms with van der Waals surface area (Å²) in [5.41, 5.74) is 6.20. The van der Waals surface area contributed by atoms with Gasteiger partial charge in [-0.3, -0.25) is 0 Å². The van der Waals surface area contributed by atoms with Gasteiger partial charge in [0, 0.05) is 10.5 Å². The van der Waals surface area contributed by atoms with E-state index in [2.05, 4.69) is 15.9 Å². The van der Waals surface area contributed by atoms with Crippen LogP contribution in [0.1, 0.15) is 5.56 Å². The first-order chi connectivity index (χ1) is 8.97. The van der Waals surface area contributed by atoms with Crippen molar-refractivity contribution in [2.24, 2.45) is 5.73 Å². The van der Waals surface area contributed by atoms with Gasteiger partial charge in [-0.05, 0) is 30.3 Å². The van der Waals surface area contributed by atoms with Crippen LogP contribution in [-0.2, 0) is 0 Å². The molecule has 0 saturated carbocycles. The summed E-state index contributed by atoms with van der Waals surface area (Å²) < 4.78 is 19.7. The van der Waals surface area contributed by atoms with Crippen LogP contribution in [0.25, 0.3) is 0 Å². The van der Waals surface area contributed by atoms with E-state index in [0.717, 1.165) is 4.47 Å². The van der Waals surface area contributed by atoms with E-state index < -0.39 is 5.82 Å². The van der Waals surface area contributed by atoms with Crippen LogP contribution in [0.15, 0.2) is 40.9 Å². The van der Waals surface area contributed by atoms with Gasteiger partial charge < -0.3 is 10.5 Å². The van der Waals surface area contributed by atoms with Crippen LogP contribution in [0.4, 0.5) is 4.39 Å². The third kappa shape index (κ3) is 3.43. The Labute approximate surface area is 128 Å². The summed E-state index contributed by atoms with van der Waals surface area (Å²) >= 11 is 13.9. The maximum atomic E-state index is 13.3. The molecule has 0 radical (unpaired) electrons. The maximum Gasteiger partial charge on any atom is 0.145 e. The predicted octanol–water partition coefficient (Wildman–Crippen LogP) is 4.67. The van der Waals surface area contributed by atoms with Crippen LogP contribution >= 0.6 is 39.7 Å². The molecule has 2 aromatic carbocycles. The minimum absolute atomic E-state index is 0.0396. The quantitative estimate of drug-likeness (QED) is 0.808. The van der Waals surface area contributed by atoms with Gasteiger partial charge in [0.05, 0.1) is 10.6 Å². The number of ether oxygens (including phenoxy) is 1. The van der Waals surface area contributed by atoms with E-state index in [0.29, 0.717) is 17.1 Å². The summed E-state index contributed by atoms with van der Waals surface area (Å²) in [4.78, 5) is 0.200. The minimum atomic E-state index is -0.548. The number of hydrogen-bond acceptors (Lipinski definition) is 2. The van der Waals surface area contributed by atoms with Crippen molar-refractivity contribution in [3.63, 3.8) is 0 Å². The van der Waals surface area contributed by atoms with Crippen LogP contribution < -0.4 is 10.5 Å². The Morgan fingerprint density at radius 1 is 1.26 bits per heavy atom. The van der Waals surface area contributed by atoms with Crippen LogP contribution in [0, 0.1) is 5.82 Å². The van der Waals surface area contributed by atoms with E-state index in [4.69, 9.17) is 34.3 Å². The fourth-order valence-electron chi connectivity index (χ4n) is 1.45. The molecule has 0 aromatic heterocycles. The highest BCUT2D eigenvalue weighted by Gasteiger charge is 2.09. The molecule has 0 bridgehead atoms. The van der Waals surface area contributed by atoms with Gasteiger partial charge in [-0.2, -0.15) is 0 Å². The normalized spacial score (nSPS) is 10.3. The van der Waals surface area contributed by atoms with Gasteiger partial charge in [-0.25, -0.2) is 4.39 Å². The fourth-order valence-corrected chi connectivity index (χ4v) is 2.09. The van der Waals surface area contributed by atoms with E-state index in [1.54, 1.807) is 24.3 Å². The zero-order valence-corrected chi connectivity index (χ0v) is 12.7. The fraction of sp³-hybridized carbons (Fsp3) is 0. The second-order valence-electron chi connectivity index (χ2n) is 3.68. The summed E-state index contributed by atoms with van der Waals surface area (Å²) in [5, 5.41) is 0.0396. The van der Waals surface area contributed by atoms with Crippen molar-refractivity contribution in [1.82, 2.24) is 0 Å². The average Bonchev–Trinajstić information content (AvgIpc) is 2.36. The Bertz CT molecular complexity index is 651. The van der Waals surface area contributed by atoms with Crippen molar-refractivity contribution in [1.29, 1.82) is 0 Å². The second kappa shape index (κ2) is 5.86. The molecule has 6 heteroatoms. The summed E-state index contributed by atoms with van der Waals surface area (Å²) in [5.74, 6) is 0.229. The van der Waals surface area contributed by atoms with E-state index >= 15 is 0 Å². The Balaban J connectivity index is 2.37. The van der Waals surface area contributed by atoms with Crippen molar-refractivity contribution in [3.05, 3.63) is 57.3 Å². The third-order valence-electron chi connectivity index (χ3n) is 2.33. The predicted molar refractivity (Wildman–Crippen MR) is 81.5 cm³/mol. The Morgan fingerprint density at radius 2 is 2.00 bits per heavy atom. The lowest BCUT2D eigenvalue weighted by Gasteiger charge is -2.11. The summed E-state index contributed by atoms with van der Waals surface area (Å²) in [6.45, 7) is 0. The van der Waals surface area contributed by atoms with E-state index in [-0.39, 0.29) is 10.0 Å². The lowest BCUT2D eigenvalue weighted by atomic mass is 10.2. The van der Waals surface area contributed by atoms with Gasteiger partial charge in [0.1, 0.15) is 22.3 Å². The first-order valence-corrected chi connectivity index (χ1v) is 6.77. The second-order valence-corrected chi connectivity index (χ2v) is 5.45. The lowest BCUT2D eigenvalue weighted by molar-refractivity contribution is 0.476. The molecule has 0 atom stereocenters. The molecule has 2 N–H and O–H groups in total. The third-order valence-corrected chi connectivity index (χ3v) is 3.35. The molecule has 0 saturated heterocycles. The number of halogens is 3. The smallest absolute Gasteiger partial charge is 0.145 e. The molecule has 0 spiro atoms. The van der Waals surface area contributed by atoms with Crippen molar-refractivity contribution in [2.45, 2.75) is 0 Å². The first-order valence-electron chi connectivity index (χ1n) is 5.19. The van der Waals surface area contributed by atoms with Crippen LogP contribution in [0.3, 0.4) is 0 Å². The van der Waals surface area contributed by atoms with E-state index in [1.807, 2.05) is 0 Å². The van der Waals surface area contributed by atoms with Crippen molar-refractivity contribution < 1.29 is 9.13 Å². The van der Waals surface area contributed by atoms with Crippen LogP contribution in [0.5, 0.6) is 11.5 Å². The highest BCUT2D eigenvalue weighted by Crippen LogP contribution is 2.29. The molecule has 0 heterocycles. The monoisotopic (exact) mass is 359 g/mol. The van der Waals surface area contributed by atoms with Gasteiger partial charge in [-0.1, -0.05) is 39.7 Å². The minimum Gasteiger partial charge on any atom is -0.457 e. The van der Waals surface area contributed by atoms with Crippen LogP contribution in [0.2, 0.25) is 5.02 Å². The van der Waals surface area contributed by atoms with Gasteiger partial charge in [-0.15, -0.1) is 0 Å². The van der Waals surface area contributed by atoms with Gasteiger partial charge >= 0.3 is 0 Å². The number of benzene rings is 2. The SMILES string of the molecule is NC(=S)c1cc(Br)ccc1Oc1ccc(Cl)c(F)c1. The standard InChI is InChI=1S/C13H8BrClFNOS/c14-7-1-4-12(9(5-7)13(17)19)18-8-2-3-10(15)11(16)6-8/h1-6H,(H2,17,19). The topological polar surface area (TPSA) is 35.2 Å². The molecule has 19 heavy (non-hydrogen) atoms. The molecule has 0 amide bonds. The van der Waals surface area contributed by atoms with E-state index in [1.165, 1.54) is 12.1 Å². The highest BCUT2D eigenvalue weighted by atomic mass is 79.9. The summed E-state index contributed by atoms with van der Waals surface area (Å²) in [6, 6.07) is 9.41. The lowest BCUT2D eigenvalue weighted by Crippen LogP contribution is -2.10. The molecule has 0 aliphatic carbocycles. The highest BCUT2D eigenvalue weighted by molar-refractivity contribution is 9.10. The molecule has 0 aliphatic heterocycles. The number of rotatable bonds is 3. The molecule has 2 rings (SSSR count). The molecule has 0 unspecified atom stereocenters. The number of nitrogens with two attached hydrogens (primary N) is 1. The largest absolute Gasteiger partial charge is 0.457 e. The number of thiocarbonyl (C=S) groups is 1. The molecular formula is C13H8BrClFNOS. The van der Waals surface area contributed by atoms with Crippen molar-refractivity contribution >= 4 is 44.7 Å². The average molecular weight is 361 g/mol. The van der Waals surface area contributed by atoms with Crippen LogP contribution in [-0.4, -0.2) is 4.99 Å². The molecule has 98 valence electrons. The van der Waals surface area contributed by atoms with E-state index in [9.17, 15) is 4.39 Å². The zero-order chi connectivity index (χ0) is 14.0. The molecule has 0 fully saturated rings. The Hall–Kier alpha value is -1.17. The zero-order valence-electron chi connectivity index (χ0n) is 9.49. The van der Waals surface area contributed by atoms with Gasteiger partial charge in [0.15, 0.2) is 0 Å². The van der Waals surface area contributed by atoms with Crippen molar-refractivity contribution in [3.8, 4) is 11.5 Å². The number of hydrogen-bond donors (Lipinski definition) is 1.